The van der Waals surface area contributed by atoms with E-state index in [1.165, 1.54) is 19.7 Å². The van der Waals surface area contributed by atoms with Crippen molar-refractivity contribution in [2.24, 2.45) is 0 Å². The van der Waals surface area contributed by atoms with Crippen molar-refractivity contribution in [3.05, 3.63) is 6.92 Å². The second-order valence-corrected chi connectivity index (χ2v) is 1.000. The number of unbranched alkanes of at least 4 members (excludes halogenated alkanes) is 1. The second-order valence-electron chi connectivity index (χ2n) is 1.000. The van der Waals surface area contributed by atoms with Gasteiger partial charge in [0.05, 0.1) is 7.85 Å². The molecule has 0 atom stereocenters. The Hall–Kier alpha value is 1.17. The van der Waals surface area contributed by atoms with Gasteiger partial charge in [-0.05, 0) is 0 Å². The summed E-state index contributed by atoms with van der Waals surface area (Å²) < 4.78 is 0. The van der Waals surface area contributed by atoms with Crippen molar-refractivity contribution in [1.29, 1.82) is 0 Å². The molecule has 0 saturated carbocycles. The van der Waals surface area contributed by atoms with Gasteiger partial charge in [0.25, 0.3) is 0 Å². The first-order valence-electron chi connectivity index (χ1n) is 3.20. The van der Waals surface area contributed by atoms with Crippen LogP contribution in [0.25, 0.3) is 0 Å². The maximum Gasteiger partial charge on any atom is 0.0606 e. The minimum atomic E-state index is 0. The van der Waals surface area contributed by atoms with Gasteiger partial charge < -0.3 is 6.92 Å². The molecule has 0 aliphatic heterocycles. The average molecular weight is 218 g/mol. The molecule has 0 fully saturated rings. The maximum atomic E-state index is 4.50. The van der Waals surface area contributed by atoms with Crippen molar-refractivity contribution >= 4 is 7.85 Å². The summed E-state index contributed by atoms with van der Waals surface area (Å²) in [5.74, 6) is 0. The third kappa shape index (κ3) is 130. The van der Waals surface area contributed by atoms with Crippen LogP contribution in [0.2, 0.25) is 6.82 Å². The molecule has 3 radical (unpaired) electrons. The molecule has 61 valence electrons. The molecule has 0 amide bonds. The average Bonchev–Trinajstić information content (AvgIpc) is 1.96. The van der Waals surface area contributed by atoms with Crippen molar-refractivity contribution in [3.8, 4) is 0 Å². The zero-order valence-electron chi connectivity index (χ0n) is 7.28. The molecule has 0 aliphatic rings. The normalized spacial score (nSPS) is 4.10. The zero-order valence-corrected chi connectivity index (χ0v) is 10.1. The molecule has 0 heterocycles. The Labute approximate surface area is 94.8 Å². The fourth-order valence-electron chi connectivity index (χ4n) is 0. The Bertz CT molecular complexity index is 11.2. The smallest absolute Gasteiger partial charge is 0.0606 e. The first-order chi connectivity index (χ1) is 3.91. The SMILES string of the molecule is C.CCCC.[B]C.[CH2-]C.[Y]. The van der Waals surface area contributed by atoms with E-state index in [4.69, 9.17) is 0 Å². The largest absolute Gasteiger partial charge is 0.346 e. The monoisotopic (exact) mass is 218 g/mol. The van der Waals surface area contributed by atoms with Gasteiger partial charge >= 0.3 is 0 Å². The van der Waals surface area contributed by atoms with Gasteiger partial charge in [-0.15, -0.1) is 0 Å². The Morgan fingerprint density at radius 1 is 1.00 bits per heavy atom. The van der Waals surface area contributed by atoms with Crippen molar-refractivity contribution in [2.45, 2.75) is 47.9 Å². The van der Waals surface area contributed by atoms with E-state index in [0.29, 0.717) is 0 Å². The summed E-state index contributed by atoms with van der Waals surface area (Å²) in [6.07, 6.45) is 2.64. The predicted octanol–water partition coefficient (Wildman–Crippen LogP) is 3.48. The van der Waals surface area contributed by atoms with E-state index in [9.17, 15) is 0 Å². The minimum Gasteiger partial charge on any atom is -0.346 e. The summed E-state index contributed by atoms with van der Waals surface area (Å²) in [6.45, 7) is 10.9. The van der Waals surface area contributed by atoms with Crippen LogP contribution in [0.1, 0.15) is 41.0 Å². The summed E-state index contributed by atoms with van der Waals surface area (Å²) in [5, 5.41) is 0. The van der Waals surface area contributed by atoms with Crippen molar-refractivity contribution < 1.29 is 32.7 Å². The fourth-order valence-corrected chi connectivity index (χ4v) is 0. The Morgan fingerprint density at radius 2 is 1.10 bits per heavy atom. The van der Waals surface area contributed by atoms with Crippen LogP contribution in [-0.4, -0.2) is 7.85 Å². The van der Waals surface area contributed by atoms with Crippen LogP contribution < -0.4 is 0 Å². The summed E-state index contributed by atoms with van der Waals surface area (Å²) >= 11 is 0. The van der Waals surface area contributed by atoms with E-state index in [1.54, 1.807) is 6.92 Å². The fraction of sp³-hybridized carbons (Fsp3) is 0.875. The first-order valence-corrected chi connectivity index (χ1v) is 3.20. The first kappa shape index (κ1) is 30.3. The van der Waals surface area contributed by atoms with Gasteiger partial charge in [-0.3, -0.25) is 0 Å². The molecule has 0 saturated heterocycles. The topological polar surface area (TPSA) is 0 Å². The molecule has 0 rings (SSSR count). The van der Waals surface area contributed by atoms with Crippen LogP contribution >= 0.6 is 0 Å². The quantitative estimate of drug-likeness (QED) is 0.466. The summed E-state index contributed by atoms with van der Waals surface area (Å²) in [6, 6.07) is 0. The number of hydrogen-bond acceptors (Lipinski definition) is 0. The van der Waals surface area contributed by atoms with Crippen LogP contribution in [0.4, 0.5) is 0 Å². The van der Waals surface area contributed by atoms with Crippen molar-refractivity contribution in [1.82, 2.24) is 0 Å². The molecule has 0 unspecified atom stereocenters. The van der Waals surface area contributed by atoms with E-state index < -0.39 is 0 Å². The van der Waals surface area contributed by atoms with Crippen LogP contribution in [0, 0.1) is 6.92 Å². The summed E-state index contributed by atoms with van der Waals surface area (Å²) in [7, 11) is 4.50. The van der Waals surface area contributed by atoms with Crippen molar-refractivity contribution in [3.63, 3.8) is 0 Å². The molecular formula is C8H22BY-. The Morgan fingerprint density at radius 3 is 1.10 bits per heavy atom. The van der Waals surface area contributed by atoms with Crippen LogP contribution in [0.5, 0.6) is 0 Å². The third-order valence-electron chi connectivity index (χ3n) is 0.500. The molecule has 0 aliphatic carbocycles. The van der Waals surface area contributed by atoms with E-state index >= 15 is 0 Å². The van der Waals surface area contributed by atoms with E-state index in [2.05, 4.69) is 28.6 Å². The molecule has 0 bridgehead atoms. The standard InChI is InChI=1S/C4H10.C2H5.CH3B.CH4.Y/c1-3-4-2;2*1-2;;/h3-4H2,1-2H3;1H2,2H3;1H3;1H4;/q;-1;;;. The summed E-state index contributed by atoms with van der Waals surface area (Å²) in [5.41, 5.74) is 0. The molecular weight excluding hydrogens is 196 g/mol. The van der Waals surface area contributed by atoms with Crippen molar-refractivity contribution in [2.75, 3.05) is 0 Å². The molecule has 10 heavy (non-hydrogen) atoms. The minimum absolute atomic E-state index is 0. The maximum absolute atomic E-state index is 4.50. The van der Waals surface area contributed by atoms with Gasteiger partial charge in [0.15, 0.2) is 0 Å². The van der Waals surface area contributed by atoms with E-state index in [-0.39, 0.29) is 40.1 Å². The van der Waals surface area contributed by atoms with Crippen LogP contribution in [0.15, 0.2) is 0 Å². The third-order valence-corrected chi connectivity index (χ3v) is 0.500. The van der Waals surface area contributed by atoms with Gasteiger partial charge in [0.2, 0.25) is 0 Å². The Balaban J connectivity index is -0.0000000125. The van der Waals surface area contributed by atoms with Crippen LogP contribution in [-0.2, 0) is 32.7 Å². The van der Waals surface area contributed by atoms with Gasteiger partial charge in [0, 0.05) is 32.7 Å². The molecule has 0 aromatic rings. The summed E-state index contributed by atoms with van der Waals surface area (Å²) in [4.78, 5) is 0. The van der Waals surface area contributed by atoms with Gasteiger partial charge in [-0.2, -0.15) is 6.92 Å². The van der Waals surface area contributed by atoms with E-state index in [0.717, 1.165) is 0 Å². The molecule has 0 nitrogen and oxygen atoms in total. The molecule has 2 heteroatoms. The predicted molar refractivity (Wildman–Crippen MR) is 50.0 cm³/mol. The number of hydrogen-bond donors (Lipinski definition) is 0. The van der Waals surface area contributed by atoms with Gasteiger partial charge in [-0.1, -0.05) is 40.9 Å². The van der Waals surface area contributed by atoms with Gasteiger partial charge in [0.1, 0.15) is 0 Å². The molecule has 0 N–H and O–H groups in total. The molecule has 0 aromatic carbocycles. The zero-order chi connectivity index (χ0) is 7.41. The number of rotatable bonds is 1. The Kier molecular flexibility index (Phi) is 258. The second kappa shape index (κ2) is 85.1. The van der Waals surface area contributed by atoms with Crippen LogP contribution in [0.3, 0.4) is 0 Å². The molecule has 0 aromatic heterocycles. The molecule has 0 spiro atoms. The van der Waals surface area contributed by atoms with E-state index in [1.807, 2.05) is 0 Å². The van der Waals surface area contributed by atoms with Gasteiger partial charge in [-0.25, -0.2) is 0 Å².